The van der Waals surface area contributed by atoms with E-state index in [-0.39, 0.29) is 5.91 Å². The van der Waals surface area contributed by atoms with Gasteiger partial charge in [-0.15, -0.1) is 0 Å². The van der Waals surface area contributed by atoms with Gasteiger partial charge in [-0.3, -0.25) is 4.79 Å². The molecule has 0 aliphatic heterocycles. The van der Waals surface area contributed by atoms with Gasteiger partial charge in [0.1, 0.15) is 0 Å². The fourth-order valence-electron chi connectivity index (χ4n) is 2.45. The van der Waals surface area contributed by atoms with Crippen molar-refractivity contribution in [2.45, 2.75) is 26.2 Å². The van der Waals surface area contributed by atoms with Crippen LogP contribution in [-0.2, 0) is 0 Å². The molecule has 0 aromatic heterocycles. The van der Waals surface area contributed by atoms with E-state index in [1.165, 1.54) is 19.3 Å². The maximum absolute atomic E-state index is 11.9. The number of carbonyl (C=O) groups excluding carboxylic acids is 1. The van der Waals surface area contributed by atoms with Crippen LogP contribution in [0.25, 0.3) is 0 Å². The number of benzene rings is 1. The van der Waals surface area contributed by atoms with Crippen LogP contribution >= 0.6 is 22.6 Å². The van der Waals surface area contributed by atoms with Gasteiger partial charge in [-0.25, -0.2) is 0 Å². The average Bonchev–Trinajstić information content (AvgIpc) is 2.73. The van der Waals surface area contributed by atoms with Crippen LogP contribution in [0.5, 0.6) is 0 Å². The van der Waals surface area contributed by atoms with E-state index in [0.29, 0.717) is 5.92 Å². The molecule has 1 saturated carbocycles. The molecule has 0 bridgehead atoms. The number of halogens is 1. The lowest BCUT2D eigenvalue weighted by atomic mass is 9.98. The maximum Gasteiger partial charge on any atom is 0.251 e. The van der Waals surface area contributed by atoms with Gasteiger partial charge < -0.3 is 5.32 Å². The molecule has 1 aliphatic rings. The minimum atomic E-state index is 0.0560. The summed E-state index contributed by atoms with van der Waals surface area (Å²) in [5.74, 6) is 1.48. The Balaban J connectivity index is 1.87. The molecule has 2 unspecified atom stereocenters. The van der Waals surface area contributed by atoms with Crippen molar-refractivity contribution in [2.24, 2.45) is 11.8 Å². The van der Waals surface area contributed by atoms with Crippen molar-refractivity contribution in [3.63, 3.8) is 0 Å². The highest BCUT2D eigenvalue weighted by atomic mass is 127. The minimum Gasteiger partial charge on any atom is -0.352 e. The van der Waals surface area contributed by atoms with Crippen LogP contribution in [-0.4, -0.2) is 12.5 Å². The Morgan fingerprint density at radius 3 is 2.65 bits per heavy atom. The SMILES string of the molecule is CC1CCCC1CNC(=O)c1ccc(I)cc1. The second-order valence-corrected chi connectivity index (χ2v) is 6.13. The van der Waals surface area contributed by atoms with E-state index < -0.39 is 0 Å². The second-order valence-electron chi connectivity index (χ2n) is 4.89. The summed E-state index contributed by atoms with van der Waals surface area (Å²) < 4.78 is 1.16. The Morgan fingerprint density at radius 1 is 1.35 bits per heavy atom. The summed E-state index contributed by atoms with van der Waals surface area (Å²) in [6.07, 6.45) is 3.88. The van der Waals surface area contributed by atoms with E-state index in [4.69, 9.17) is 0 Å². The van der Waals surface area contributed by atoms with Gasteiger partial charge in [0.05, 0.1) is 0 Å². The van der Waals surface area contributed by atoms with Crippen LogP contribution in [0.15, 0.2) is 24.3 Å². The van der Waals surface area contributed by atoms with E-state index in [1.807, 2.05) is 24.3 Å². The molecule has 0 radical (unpaired) electrons. The molecular weight excluding hydrogens is 325 g/mol. The normalized spacial score (nSPS) is 23.6. The van der Waals surface area contributed by atoms with E-state index in [2.05, 4.69) is 34.8 Å². The van der Waals surface area contributed by atoms with Gasteiger partial charge in [-0.05, 0) is 65.1 Å². The molecule has 17 heavy (non-hydrogen) atoms. The molecule has 2 nitrogen and oxygen atoms in total. The smallest absolute Gasteiger partial charge is 0.251 e. The molecule has 0 spiro atoms. The van der Waals surface area contributed by atoms with Crippen molar-refractivity contribution in [1.82, 2.24) is 5.32 Å². The molecule has 3 heteroatoms. The number of amides is 1. The first-order valence-electron chi connectivity index (χ1n) is 6.20. The molecule has 1 aromatic carbocycles. The topological polar surface area (TPSA) is 29.1 Å². The van der Waals surface area contributed by atoms with Crippen molar-refractivity contribution < 1.29 is 4.79 Å². The third-order valence-electron chi connectivity index (χ3n) is 3.67. The average molecular weight is 343 g/mol. The van der Waals surface area contributed by atoms with E-state index in [9.17, 15) is 4.79 Å². The standard InChI is InChI=1S/C14H18INO/c1-10-3-2-4-12(10)9-16-14(17)11-5-7-13(15)8-6-11/h5-8,10,12H,2-4,9H2,1H3,(H,16,17). The Labute approximate surface area is 116 Å². The van der Waals surface area contributed by atoms with Crippen LogP contribution in [0, 0.1) is 15.4 Å². The van der Waals surface area contributed by atoms with Crippen LogP contribution in [0.4, 0.5) is 0 Å². The van der Waals surface area contributed by atoms with Crippen molar-refractivity contribution in [3.05, 3.63) is 33.4 Å². The van der Waals surface area contributed by atoms with Crippen LogP contribution in [0.3, 0.4) is 0 Å². The lowest BCUT2D eigenvalue weighted by Gasteiger charge is -2.15. The number of hydrogen-bond acceptors (Lipinski definition) is 1. The summed E-state index contributed by atoms with van der Waals surface area (Å²) >= 11 is 2.24. The van der Waals surface area contributed by atoms with E-state index >= 15 is 0 Å². The van der Waals surface area contributed by atoms with Gasteiger partial charge in [0.2, 0.25) is 0 Å². The summed E-state index contributed by atoms with van der Waals surface area (Å²) in [4.78, 5) is 11.9. The van der Waals surface area contributed by atoms with Gasteiger partial charge in [0, 0.05) is 15.7 Å². The summed E-state index contributed by atoms with van der Waals surface area (Å²) in [6, 6.07) is 7.70. The van der Waals surface area contributed by atoms with Gasteiger partial charge in [-0.2, -0.15) is 0 Å². The first-order valence-corrected chi connectivity index (χ1v) is 7.28. The first-order chi connectivity index (χ1) is 8.16. The van der Waals surface area contributed by atoms with Gasteiger partial charge in [0.25, 0.3) is 5.91 Å². The molecule has 1 aromatic rings. The Morgan fingerprint density at radius 2 is 2.06 bits per heavy atom. The summed E-state index contributed by atoms with van der Waals surface area (Å²) in [7, 11) is 0. The summed E-state index contributed by atoms with van der Waals surface area (Å²) in [5, 5.41) is 3.05. The Kier molecular flexibility index (Phi) is 4.42. The third kappa shape index (κ3) is 3.44. The zero-order valence-electron chi connectivity index (χ0n) is 10.1. The molecule has 92 valence electrons. The molecule has 1 amide bonds. The molecule has 0 saturated heterocycles. The van der Waals surface area contributed by atoms with Gasteiger partial charge >= 0.3 is 0 Å². The van der Waals surface area contributed by atoms with E-state index in [1.54, 1.807) is 0 Å². The monoisotopic (exact) mass is 343 g/mol. The zero-order chi connectivity index (χ0) is 12.3. The van der Waals surface area contributed by atoms with Gasteiger partial charge in [-0.1, -0.05) is 19.8 Å². The quantitative estimate of drug-likeness (QED) is 0.837. The van der Waals surface area contributed by atoms with E-state index in [0.717, 1.165) is 21.6 Å². The highest BCUT2D eigenvalue weighted by Crippen LogP contribution is 2.30. The van der Waals surface area contributed by atoms with Crippen LogP contribution in [0.1, 0.15) is 36.5 Å². The predicted molar refractivity (Wildman–Crippen MR) is 78.0 cm³/mol. The van der Waals surface area contributed by atoms with Crippen molar-refractivity contribution in [3.8, 4) is 0 Å². The van der Waals surface area contributed by atoms with Crippen molar-refractivity contribution >= 4 is 28.5 Å². The highest BCUT2D eigenvalue weighted by molar-refractivity contribution is 14.1. The second kappa shape index (κ2) is 5.85. The largest absolute Gasteiger partial charge is 0.352 e. The minimum absolute atomic E-state index is 0.0560. The lowest BCUT2D eigenvalue weighted by molar-refractivity contribution is 0.0944. The molecule has 2 rings (SSSR count). The summed E-state index contributed by atoms with van der Waals surface area (Å²) in [5.41, 5.74) is 0.760. The first kappa shape index (κ1) is 12.9. The number of nitrogens with one attached hydrogen (secondary N) is 1. The Hall–Kier alpha value is -0.580. The molecule has 0 heterocycles. The van der Waals surface area contributed by atoms with Gasteiger partial charge in [0.15, 0.2) is 0 Å². The Bertz CT molecular complexity index is 388. The summed E-state index contributed by atoms with van der Waals surface area (Å²) in [6.45, 7) is 3.11. The molecular formula is C14H18INO. The third-order valence-corrected chi connectivity index (χ3v) is 4.39. The van der Waals surface area contributed by atoms with Crippen LogP contribution in [0.2, 0.25) is 0 Å². The van der Waals surface area contributed by atoms with Crippen molar-refractivity contribution in [2.75, 3.05) is 6.54 Å². The molecule has 1 N–H and O–H groups in total. The fraction of sp³-hybridized carbons (Fsp3) is 0.500. The zero-order valence-corrected chi connectivity index (χ0v) is 12.2. The lowest BCUT2D eigenvalue weighted by Crippen LogP contribution is -2.30. The molecule has 1 aliphatic carbocycles. The maximum atomic E-state index is 11.9. The molecule has 1 fully saturated rings. The number of hydrogen-bond donors (Lipinski definition) is 1. The molecule has 2 atom stereocenters. The van der Waals surface area contributed by atoms with Crippen molar-refractivity contribution in [1.29, 1.82) is 0 Å². The number of rotatable bonds is 3. The predicted octanol–water partition coefficient (Wildman–Crippen LogP) is 3.46. The fourth-order valence-corrected chi connectivity index (χ4v) is 2.81. The number of carbonyl (C=O) groups is 1. The van der Waals surface area contributed by atoms with Crippen LogP contribution < -0.4 is 5.32 Å². The highest BCUT2D eigenvalue weighted by Gasteiger charge is 2.23.